The molecule has 2 aromatic heterocycles. The molecule has 6 heteroatoms. The van der Waals surface area contributed by atoms with Crippen LogP contribution in [0, 0.1) is 0 Å². The van der Waals surface area contributed by atoms with E-state index in [-0.39, 0.29) is 17.9 Å². The van der Waals surface area contributed by atoms with Gasteiger partial charge in [-0.05, 0) is 35.7 Å². The molecule has 0 bridgehead atoms. The minimum absolute atomic E-state index is 0.0648. The summed E-state index contributed by atoms with van der Waals surface area (Å²) < 4.78 is 2.29. The molecule has 3 aromatic rings. The van der Waals surface area contributed by atoms with Crippen molar-refractivity contribution in [1.29, 1.82) is 0 Å². The number of hydrogen-bond donors (Lipinski definition) is 0. The summed E-state index contributed by atoms with van der Waals surface area (Å²) in [6, 6.07) is 8.29. The average molecular weight is 338 g/mol. The topological polar surface area (TPSA) is 39.1 Å². The van der Waals surface area contributed by atoms with E-state index in [1.54, 1.807) is 24.4 Å². The second kappa shape index (κ2) is 5.64. The molecular formula is C15H9Cl2NO2S. The van der Waals surface area contributed by atoms with Crippen LogP contribution in [0.3, 0.4) is 0 Å². The maximum atomic E-state index is 12.3. The molecule has 0 atom stereocenters. The van der Waals surface area contributed by atoms with Crippen molar-refractivity contribution in [1.82, 2.24) is 4.57 Å². The van der Waals surface area contributed by atoms with Crippen LogP contribution in [0.15, 0.2) is 46.7 Å². The number of fused-ring (bicyclic) bond motifs is 1. The van der Waals surface area contributed by atoms with Gasteiger partial charge in [0.1, 0.15) is 0 Å². The molecule has 3 nitrogen and oxygen atoms in total. The summed E-state index contributed by atoms with van der Waals surface area (Å²) in [5.41, 5.74) is 0.140. The van der Waals surface area contributed by atoms with Gasteiger partial charge in [0, 0.05) is 21.5 Å². The van der Waals surface area contributed by atoms with Crippen LogP contribution >= 0.6 is 34.5 Å². The minimum atomic E-state index is -0.251. The lowest BCUT2D eigenvalue weighted by atomic mass is 10.1. The van der Waals surface area contributed by atoms with E-state index in [1.807, 2.05) is 11.4 Å². The molecule has 0 saturated heterocycles. The van der Waals surface area contributed by atoms with Gasteiger partial charge in [-0.15, -0.1) is 11.3 Å². The molecule has 0 aliphatic heterocycles. The number of hydrogen-bond acceptors (Lipinski definition) is 3. The third-order valence-electron chi connectivity index (χ3n) is 3.14. The number of Topliss-reactive ketones (excluding diaryl/α,β-unsaturated/α-hetero) is 1. The lowest BCUT2D eigenvalue weighted by Gasteiger charge is -2.07. The summed E-state index contributed by atoms with van der Waals surface area (Å²) >= 11 is 13.4. The Morgan fingerprint density at radius 2 is 2.00 bits per heavy atom. The van der Waals surface area contributed by atoms with E-state index >= 15 is 0 Å². The zero-order valence-corrected chi connectivity index (χ0v) is 13.0. The maximum Gasteiger partial charge on any atom is 0.259 e. The number of ketones is 1. The Hall–Kier alpha value is -1.62. The molecule has 1 aromatic carbocycles. The summed E-state index contributed by atoms with van der Waals surface area (Å²) in [5, 5.41) is 3.23. The van der Waals surface area contributed by atoms with Gasteiger partial charge >= 0.3 is 0 Å². The molecule has 106 valence electrons. The first-order valence-corrected chi connectivity index (χ1v) is 7.75. The first-order valence-electron chi connectivity index (χ1n) is 6.11. The Morgan fingerprint density at radius 3 is 2.81 bits per heavy atom. The van der Waals surface area contributed by atoms with Crippen LogP contribution in [-0.4, -0.2) is 10.4 Å². The molecule has 0 aliphatic carbocycles. The van der Waals surface area contributed by atoms with E-state index in [0.29, 0.717) is 21.0 Å². The Bertz CT molecular complexity index is 898. The molecule has 21 heavy (non-hydrogen) atoms. The lowest BCUT2D eigenvalue weighted by Crippen LogP contribution is -2.23. The number of thiophene rings is 1. The van der Waals surface area contributed by atoms with E-state index in [9.17, 15) is 9.59 Å². The van der Waals surface area contributed by atoms with Crippen LogP contribution in [0.4, 0.5) is 0 Å². The van der Waals surface area contributed by atoms with Crippen LogP contribution in [-0.2, 0) is 6.54 Å². The lowest BCUT2D eigenvalue weighted by molar-refractivity contribution is 0.0971. The van der Waals surface area contributed by atoms with Crippen molar-refractivity contribution in [2.75, 3.05) is 0 Å². The predicted molar refractivity (Wildman–Crippen MR) is 86.9 cm³/mol. The van der Waals surface area contributed by atoms with E-state index < -0.39 is 0 Å². The molecule has 0 radical (unpaired) electrons. The molecule has 0 N–H and O–H groups in total. The highest BCUT2D eigenvalue weighted by Gasteiger charge is 2.13. The Labute approximate surface area is 134 Å². The van der Waals surface area contributed by atoms with E-state index in [0.717, 1.165) is 4.70 Å². The fourth-order valence-electron chi connectivity index (χ4n) is 2.08. The normalized spacial score (nSPS) is 11.0. The largest absolute Gasteiger partial charge is 0.307 e. The monoisotopic (exact) mass is 337 g/mol. The summed E-state index contributed by atoms with van der Waals surface area (Å²) in [5.74, 6) is -0.251. The zero-order chi connectivity index (χ0) is 15.0. The second-order valence-corrected chi connectivity index (χ2v) is 6.29. The molecule has 3 rings (SSSR count). The van der Waals surface area contributed by atoms with Crippen molar-refractivity contribution in [3.63, 3.8) is 0 Å². The Kier molecular flexibility index (Phi) is 3.85. The second-order valence-electron chi connectivity index (χ2n) is 4.49. The summed E-state index contributed by atoms with van der Waals surface area (Å²) in [7, 11) is 0. The van der Waals surface area contributed by atoms with Gasteiger partial charge in [0.2, 0.25) is 0 Å². The fourth-order valence-corrected chi connectivity index (χ4v) is 3.25. The Balaban J connectivity index is 1.98. The van der Waals surface area contributed by atoms with Gasteiger partial charge in [-0.3, -0.25) is 9.59 Å². The summed E-state index contributed by atoms with van der Waals surface area (Å²) in [6.45, 7) is -0.0648. The standard InChI is InChI=1S/C15H9Cl2NO2S/c16-9-1-2-12(17)11(7-9)13(19)8-18-5-3-14-10(15(18)20)4-6-21-14/h1-7H,8H2. The maximum absolute atomic E-state index is 12.3. The number of pyridine rings is 1. The van der Waals surface area contributed by atoms with Gasteiger partial charge in [-0.1, -0.05) is 23.2 Å². The first kappa shape index (κ1) is 14.3. The molecule has 0 aliphatic rings. The molecular weight excluding hydrogens is 329 g/mol. The van der Waals surface area contributed by atoms with Crippen molar-refractivity contribution in [2.24, 2.45) is 0 Å². The van der Waals surface area contributed by atoms with Crippen LogP contribution in [0.25, 0.3) is 10.1 Å². The highest BCUT2D eigenvalue weighted by molar-refractivity contribution is 7.17. The van der Waals surface area contributed by atoms with Gasteiger partial charge in [-0.2, -0.15) is 0 Å². The summed E-state index contributed by atoms with van der Waals surface area (Å²) in [4.78, 5) is 24.6. The molecule has 0 fully saturated rings. The number of aromatic nitrogens is 1. The molecule has 0 spiro atoms. The third kappa shape index (κ3) is 2.75. The van der Waals surface area contributed by atoms with E-state index in [2.05, 4.69) is 0 Å². The zero-order valence-electron chi connectivity index (χ0n) is 10.7. The third-order valence-corrected chi connectivity index (χ3v) is 4.58. The number of benzene rings is 1. The first-order chi connectivity index (χ1) is 10.1. The minimum Gasteiger partial charge on any atom is -0.307 e. The highest BCUT2D eigenvalue weighted by atomic mass is 35.5. The fraction of sp³-hybridized carbons (Fsp3) is 0.0667. The SMILES string of the molecule is O=C(Cn1ccc2sccc2c1=O)c1cc(Cl)ccc1Cl. The number of nitrogens with zero attached hydrogens (tertiary/aromatic N) is 1. The van der Waals surface area contributed by atoms with E-state index in [4.69, 9.17) is 23.2 Å². The van der Waals surface area contributed by atoms with Gasteiger partial charge in [0.25, 0.3) is 5.56 Å². The smallest absolute Gasteiger partial charge is 0.259 e. The van der Waals surface area contributed by atoms with Crippen molar-refractivity contribution in [2.45, 2.75) is 6.54 Å². The molecule has 0 unspecified atom stereocenters. The van der Waals surface area contributed by atoms with Crippen molar-refractivity contribution < 1.29 is 4.79 Å². The number of carbonyl (C=O) groups is 1. The predicted octanol–water partition coefficient (Wildman–Crippen LogP) is 4.25. The van der Waals surface area contributed by atoms with E-state index in [1.165, 1.54) is 22.0 Å². The van der Waals surface area contributed by atoms with Gasteiger partial charge in [0.05, 0.1) is 17.0 Å². The van der Waals surface area contributed by atoms with Crippen LogP contribution in [0.5, 0.6) is 0 Å². The molecule has 2 heterocycles. The van der Waals surface area contributed by atoms with Crippen molar-refractivity contribution >= 4 is 50.4 Å². The van der Waals surface area contributed by atoms with Gasteiger partial charge in [0.15, 0.2) is 5.78 Å². The van der Waals surface area contributed by atoms with Crippen LogP contribution in [0.2, 0.25) is 10.0 Å². The molecule has 0 saturated carbocycles. The van der Waals surface area contributed by atoms with Crippen LogP contribution < -0.4 is 5.56 Å². The van der Waals surface area contributed by atoms with Crippen LogP contribution in [0.1, 0.15) is 10.4 Å². The van der Waals surface area contributed by atoms with Gasteiger partial charge in [-0.25, -0.2) is 0 Å². The van der Waals surface area contributed by atoms with Crippen molar-refractivity contribution in [3.8, 4) is 0 Å². The highest BCUT2D eigenvalue weighted by Crippen LogP contribution is 2.22. The van der Waals surface area contributed by atoms with Gasteiger partial charge < -0.3 is 4.57 Å². The van der Waals surface area contributed by atoms with Crippen molar-refractivity contribution in [3.05, 3.63) is 67.9 Å². The summed E-state index contributed by atoms with van der Waals surface area (Å²) in [6.07, 6.45) is 1.62. The average Bonchev–Trinajstić information content (AvgIpc) is 2.93. The number of carbonyl (C=O) groups excluding carboxylic acids is 1. The Morgan fingerprint density at radius 1 is 1.19 bits per heavy atom. The quantitative estimate of drug-likeness (QED) is 0.670. The number of rotatable bonds is 3. The molecule has 0 amide bonds. The number of halogens is 2.